The van der Waals surface area contributed by atoms with Gasteiger partial charge < -0.3 is 4.90 Å². The molecule has 0 radical (unpaired) electrons. The van der Waals surface area contributed by atoms with Gasteiger partial charge in [0.15, 0.2) is 0 Å². The molecule has 0 aliphatic rings. The van der Waals surface area contributed by atoms with Crippen molar-refractivity contribution < 1.29 is 0 Å². The van der Waals surface area contributed by atoms with Crippen LogP contribution in [-0.2, 0) is 0 Å². The monoisotopic (exact) mass is 293 g/mol. The Kier molecular flexibility index (Phi) is 4.45. The van der Waals surface area contributed by atoms with E-state index >= 15 is 0 Å². The Bertz CT molecular complexity index is 679. The van der Waals surface area contributed by atoms with Gasteiger partial charge in [-0.3, -0.25) is 9.36 Å². The lowest BCUT2D eigenvalue weighted by molar-refractivity contribution is 0.311. The third-order valence-corrected chi connectivity index (χ3v) is 3.70. The first kappa shape index (κ1) is 15.0. The van der Waals surface area contributed by atoms with Crippen LogP contribution in [0, 0.1) is 6.92 Å². The predicted octanol–water partition coefficient (Wildman–Crippen LogP) is 2.87. The molecule has 20 heavy (non-hydrogen) atoms. The largest absolute Gasteiger partial charge is 0.307 e. The van der Waals surface area contributed by atoms with Crippen molar-refractivity contribution >= 4 is 22.5 Å². The molecule has 0 amide bonds. The Labute approximate surface area is 124 Å². The number of halogens is 1. The molecule has 1 aromatic heterocycles. The minimum Gasteiger partial charge on any atom is -0.307 e. The van der Waals surface area contributed by atoms with E-state index in [1.165, 1.54) is 0 Å². The average Bonchev–Trinajstić information content (AvgIpc) is 2.37. The zero-order valence-electron chi connectivity index (χ0n) is 12.4. The van der Waals surface area contributed by atoms with Crippen molar-refractivity contribution in [1.82, 2.24) is 14.5 Å². The zero-order valence-corrected chi connectivity index (χ0v) is 13.1. The Hall–Kier alpha value is -1.39. The van der Waals surface area contributed by atoms with Crippen LogP contribution in [0.2, 0.25) is 5.02 Å². The maximum absolute atomic E-state index is 12.7. The molecule has 1 atom stereocenters. The molecule has 0 fully saturated rings. The lowest BCUT2D eigenvalue weighted by atomic mass is 10.1. The summed E-state index contributed by atoms with van der Waals surface area (Å²) in [5.41, 5.74) is 1.64. The number of aromatic nitrogens is 2. The maximum atomic E-state index is 12.7. The van der Waals surface area contributed by atoms with E-state index in [1.807, 2.05) is 27.1 Å². The Morgan fingerprint density at radius 1 is 1.40 bits per heavy atom. The van der Waals surface area contributed by atoms with Crippen molar-refractivity contribution in [3.8, 4) is 0 Å². The first-order chi connectivity index (χ1) is 9.43. The van der Waals surface area contributed by atoms with Gasteiger partial charge in [-0.2, -0.15) is 0 Å². The van der Waals surface area contributed by atoms with Crippen LogP contribution in [-0.4, -0.2) is 35.1 Å². The summed E-state index contributed by atoms with van der Waals surface area (Å²) in [4.78, 5) is 19.2. The standard InChI is InChI=1S/C15H20ClN3O/c1-5-12(8-18(3)4)19-9-17-14-10(2)6-11(16)7-13(14)15(19)20/h6-7,9,12H,5,8H2,1-4H3. The van der Waals surface area contributed by atoms with Crippen LogP contribution in [0.25, 0.3) is 10.9 Å². The van der Waals surface area contributed by atoms with E-state index in [-0.39, 0.29) is 11.6 Å². The summed E-state index contributed by atoms with van der Waals surface area (Å²) >= 11 is 6.06. The fraction of sp³-hybridized carbons (Fsp3) is 0.467. The number of fused-ring (bicyclic) bond motifs is 1. The number of likely N-dealkylation sites (N-methyl/N-ethyl adjacent to an activating group) is 1. The van der Waals surface area contributed by atoms with E-state index in [9.17, 15) is 4.79 Å². The van der Waals surface area contributed by atoms with Crippen molar-refractivity contribution in [2.45, 2.75) is 26.3 Å². The molecule has 1 aromatic carbocycles. The third kappa shape index (κ3) is 2.86. The second kappa shape index (κ2) is 5.94. The number of aryl methyl sites for hydroxylation is 1. The van der Waals surface area contributed by atoms with Crippen molar-refractivity contribution in [2.75, 3.05) is 20.6 Å². The molecular formula is C15H20ClN3O. The van der Waals surface area contributed by atoms with Crippen molar-refractivity contribution in [2.24, 2.45) is 0 Å². The summed E-state index contributed by atoms with van der Waals surface area (Å²) < 4.78 is 1.72. The first-order valence-corrected chi connectivity index (χ1v) is 7.13. The van der Waals surface area contributed by atoms with Gasteiger partial charge in [0, 0.05) is 11.6 Å². The van der Waals surface area contributed by atoms with E-state index in [4.69, 9.17) is 11.6 Å². The molecule has 0 saturated carbocycles. The minimum absolute atomic E-state index is 0.0192. The van der Waals surface area contributed by atoms with Gasteiger partial charge in [0.05, 0.1) is 23.3 Å². The highest BCUT2D eigenvalue weighted by Crippen LogP contribution is 2.20. The summed E-state index contributed by atoms with van der Waals surface area (Å²) in [5, 5.41) is 1.17. The number of hydrogen-bond acceptors (Lipinski definition) is 3. The first-order valence-electron chi connectivity index (χ1n) is 6.75. The normalized spacial score (nSPS) is 13.1. The molecule has 5 heteroatoms. The summed E-state index contributed by atoms with van der Waals surface area (Å²) in [6.45, 7) is 4.80. The van der Waals surface area contributed by atoms with Gasteiger partial charge in [-0.25, -0.2) is 4.98 Å². The van der Waals surface area contributed by atoms with Gasteiger partial charge in [-0.15, -0.1) is 0 Å². The van der Waals surface area contributed by atoms with Crippen LogP contribution in [0.15, 0.2) is 23.3 Å². The summed E-state index contributed by atoms with van der Waals surface area (Å²) in [7, 11) is 4.01. The number of hydrogen-bond donors (Lipinski definition) is 0. The van der Waals surface area contributed by atoms with Gasteiger partial charge in [-0.05, 0) is 45.1 Å². The van der Waals surface area contributed by atoms with Gasteiger partial charge in [0.1, 0.15) is 0 Å². The average molecular weight is 294 g/mol. The molecule has 0 N–H and O–H groups in total. The molecule has 4 nitrogen and oxygen atoms in total. The second-order valence-electron chi connectivity index (χ2n) is 5.40. The van der Waals surface area contributed by atoms with E-state index in [0.29, 0.717) is 10.4 Å². The van der Waals surface area contributed by atoms with E-state index in [0.717, 1.165) is 24.0 Å². The summed E-state index contributed by atoms with van der Waals surface area (Å²) in [6, 6.07) is 3.66. The van der Waals surface area contributed by atoms with E-state index in [2.05, 4.69) is 16.8 Å². The van der Waals surface area contributed by atoms with Gasteiger partial charge in [-0.1, -0.05) is 18.5 Å². The van der Waals surface area contributed by atoms with Gasteiger partial charge in [0.2, 0.25) is 0 Å². The molecule has 0 aliphatic heterocycles. The third-order valence-electron chi connectivity index (χ3n) is 3.48. The topological polar surface area (TPSA) is 38.1 Å². The molecular weight excluding hydrogens is 274 g/mol. The van der Waals surface area contributed by atoms with Crippen LogP contribution >= 0.6 is 11.6 Å². The van der Waals surface area contributed by atoms with Crippen LogP contribution in [0.5, 0.6) is 0 Å². The zero-order chi connectivity index (χ0) is 14.9. The van der Waals surface area contributed by atoms with E-state index in [1.54, 1.807) is 17.0 Å². The number of rotatable bonds is 4. The quantitative estimate of drug-likeness (QED) is 0.870. The fourth-order valence-corrected chi connectivity index (χ4v) is 2.75. The summed E-state index contributed by atoms with van der Waals surface area (Å²) in [6.07, 6.45) is 2.54. The van der Waals surface area contributed by atoms with Crippen molar-refractivity contribution in [3.63, 3.8) is 0 Å². The second-order valence-corrected chi connectivity index (χ2v) is 5.84. The highest BCUT2D eigenvalue weighted by atomic mass is 35.5. The van der Waals surface area contributed by atoms with Crippen molar-refractivity contribution in [3.05, 3.63) is 39.4 Å². The SMILES string of the molecule is CCC(CN(C)C)n1cnc2c(C)cc(Cl)cc2c1=O. The van der Waals surface area contributed by atoms with Crippen LogP contribution < -0.4 is 5.56 Å². The smallest absolute Gasteiger partial charge is 0.261 e. The van der Waals surface area contributed by atoms with E-state index < -0.39 is 0 Å². The summed E-state index contributed by atoms with van der Waals surface area (Å²) in [5.74, 6) is 0. The Balaban J connectivity index is 2.62. The highest BCUT2D eigenvalue weighted by Gasteiger charge is 2.14. The maximum Gasteiger partial charge on any atom is 0.261 e. The van der Waals surface area contributed by atoms with Crippen LogP contribution in [0.3, 0.4) is 0 Å². The molecule has 2 rings (SSSR count). The Morgan fingerprint density at radius 2 is 2.10 bits per heavy atom. The predicted molar refractivity (Wildman–Crippen MR) is 83.6 cm³/mol. The number of benzene rings is 1. The molecule has 0 aliphatic carbocycles. The van der Waals surface area contributed by atoms with Crippen LogP contribution in [0.4, 0.5) is 0 Å². The Morgan fingerprint density at radius 3 is 2.70 bits per heavy atom. The molecule has 0 bridgehead atoms. The lowest BCUT2D eigenvalue weighted by Crippen LogP contribution is -2.31. The molecule has 0 saturated heterocycles. The molecule has 108 valence electrons. The number of nitrogens with zero attached hydrogens (tertiary/aromatic N) is 3. The van der Waals surface area contributed by atoms with Gasteiger partial charge >= 0.3 is 0 Å². The molecule has 2 aromatic rings. The molecule has 1 unspecified atom stereocenters. The minimum atomic E-state index is -0.0192. The van der Waals surface area contributed by atoms with Crippen LogP contribution in [0.1, 0.15) is 24.9 Å². The lowest BCUT2D eigenvalue weighted by Gasteiger charge is -2.22. The molecule has 0 spiro atoms. The molecule has 1 heterocycles. The fourth-order valence-electron chi connectivity index (χ4n) is 2.48. The van der Waals surface area contributed by atoms with Gasteiger partial charge in [0.25, 0.3) is 5.56 Å². The van der Waals surface area contributed by atoms with Crippen molar-refractivity contribution in [1.29, 1.82) is 0 Å². The highest BCUT2D eigenvalue weighted by molar-refractivity contribution is 6.31.